The van der Waals surface area contributed by atoms with Crippen LogP contribution in [-0.2, 0) is 15.7 Å². The number of nitrogens with zero attached hydrogens (tertiary/aromatic N) is 3. The zero-order valence-corrected chi connectivity index (χ0v) is 24.1. The zero-order chi connectivity index (χ0) is 30.1. The molecule has 41 heavy (non-hydrogen) atoms. The average molecular weight is 601 g/mol. The molecular formula is C27H35F3N4O6S. The number of ether oxygens (including phenoxy) is 1. The van der Waals surface area contributed by atoms with Gasteiger partial charge in [0, 0.05) is 37.1 Å². The van der Waals surface area contributed by atoms with Crippen molar-refractivity contribution in [3.63, 3.8) is 0 Å². The summed E-state index contributed by atoms with van der Waals surface area (Å²) >= 11 is 1.12. The molecule has 1 spiro atoms. The summed E-state index contributed by atoms with van der Waals surface area (Å²) in [5.41, 5.74) is -1.51. The third kappa shape index (κ3) is 6.21. The lowest BCUT2D eigenvalue weighted by molar-refractivity contribution is -0.138. The van der Waals surface area contributed by atoms with Gasteiger partial charge in [-0.2, -0.15) is 13.2 Å². The molecule has 2 fully saturated rings. The number of nitrogens with one attached hydrogen (secondary N) is 1. The van der Waals surface area contributed by atoms with Gasteiger partial charge in [0.1, 0.15) is 0 Å². The number of likely N-dealkylation sites (tertiary alicyclic amines) is 1. The molecule has 1 saturated carbocycles. The van der Waals surface area contributed by atoms with Crippen LogP contribution in [0.2, 0.25) is 0 Å². The number of amides is 4. The molecule has 3 aliphatic rings. The lowest BCUT2D eigenvalue weighted by Gasteiger charge is -2.42. The number of piperidine rings is 1. The molecule has 1 atom stereocenters. The first-order chi connectivity index (χ1) is 19.3. The Labute approximate surface area is 240 Å². The van der Waals surface area contributed by atoms with Crippen molar-refractivity contribution in [1.29, 1.82) is 0 Å². The summed E-state index contributed by atoms with van der Waals surface area (Å²) in [6.07, 6.45) is -3.23. The minimum absolute atomic E-state index is 0.00584. The van der Waals surface area contributed by atoms with Gasteiger partial charge in [0.25, 0.3) is 5.91 Å². The molecular weight excluding hydrogens is 565 g/mol. The Morgan fingerprint density at radius 2 is 1.90 bits per heavy atom. The van der Waals surface area contributed by atoms with Crippen LogP contribution in [0.3, 0.4) is 0 Å². The highest BCUT2D eigenvalue weighted by Gasteiger charge is 2.50. The van der Waals surface area contributed by atoms with Gasteiger partial charge in [-0.15, -0.1) is 11.8 Å². The van der Waals surface area contributed by atoms with Gasteiger partial charge in [-0.05, 0) is 51.7 Å². The highest BCUT2D eigenvalue weighted by Crippen LogP contribution is 2.54. The van der Waals surface area contributed by atoms with E-state index in [1.165, 1.54) is 21.8 Å². The van der Waals surface area contributed by atoms with Crippen LogP contribution in [0.1, 0.15) is 68.3 Å². The van der Waals surface area contributed by atoms with Crippen molar-refractivity contribution < 1.29 is 42.2 Å². The number of alkyl halides is 3. The summed E-state index contributed by atoms with van der Waals surface area (Å²) in [6, 6.07) is 0.973. The molecule has 2 heterocycles. The summed E-state index contributed by atoms with van der Waals surface area (Å²) in [5, 5.41) is 12.0. The first-order valence-electron chi connectivity index (χ1n) is 13.7. The van der Waals surface area contributed by atoms with Crippen LogP contribution in [0, 0.1) is 0 Å². The van der Waals surface area contributed by atoms with Crippen molar-refractivity contribution in [2.24, 2.45) is 0 Å². The molecule has 2 aliphatic heterocycles. The van der Waals surface area contributed by atoms with Crippen LogP contribution < -0.4 is 10.2 Å². The average Bonchev–Trinajstić information content (AvgIpc) is 3.38. The zero-order valence-electron chi connectivity index (χ0n) is 23.3. The largest absolute Gasteiger partial charge is 0.465 e. The quantitative estimate of drug-likeness (QED) is 0.481. The SMILES string of the molecule is COC(=O)NCCN1C(=O)C2(CCCC2)Sc2cc(C(F)(F)F)c(C(=O)N(C(C)C)[C@@H]3CCCN(C(=O)O)C3)cc21. The van der Waals surface area contributed by atoms with Crippen LogP contribution in [-0.4, -0.2) is 89.0 Å². The smallest absolute Gasteiger partial charge is 0.417 e. The molecule has 14 heteroatoms. The van der Waals surface area contributed by atoms with Crippen LogP contribution in [0.25, 0.3) is 0 Å². The fourth-order valence-corrected chi connectivity index (χ4v) is 7.59. The summed E-state index contributed by atoms with van der Waals surface area (Å²) in [4.78, 5) is 55.1. The number of fused-ring (bicyclic) bond motifs is 1. The number of rotatable bonds is 6. The Morgan fingerprint density at radius 1 is 1.22 bits per heavy atom. The number of thioether (sulfide) groups is 1. The van der Waals surface area contributed by atoms with Gasteiger partial charge in [-0.3, -0.25) is 9.59 Å². The van der Waals surface area contributed by atoms with Crippen LogP contribution in [0.15, 0.2) is 17.0 Å². The Hall–Kier alpha value is -3.16. The van der Waals surface area contributed by atoms with Gasteiger partial charge < -0.3 is 29.9 Å². The topological polar surface area (TPSA) is 119 Å². The molecule has 226 valence electrons. The highest BCUT2D eigenvalue weighted by molar-refractivity contribution is 8.01. The number of hydrogen-bond donors (Lipinski definition) is 2. The predicted octanol–water partition coefficient (Wildman–Crippen LogP) is 4.81. The minimum Gasteiger partial charge on any atom is -0.465 e. The number of hydrogen-bond acceptors (Lipinski definition) is 6. The summed E-state index contributed by atoms with van der Waals surface area (Å²) in [5.74, 6) is -1.14. The van der Waals surface area contributed by atoms with E-state index in [2.05, 4.69) is 10.1 Å². The van der Waals surface area contributed by atoms with Crippen LogP contribution in [0.4, 0.5) is 28.4 Å². The molecule has 4 amide bonds. The van der Waals surface area contributed by atoms with E-state index in [4.69, 9.17) is 0 Å². The molecule has 1 aliphatic carbocycles. The second kappa shape index (κ2) is 12.0. The predicted molar refractivity (Wildman–Crippen MR) is 145 cm³/mol. The molecule has 0 bridgehead atoms. The standard InChI is InChI=1S/C27H35F3N4O6S/c1-16(2)34(17-7-6-11-32(15-17)25(38)39)22(35)18-13-20-21(14-19(18)27(28,29)30)41-26(8-4-5-9-26)23(36)33(20)12-10-31-24(37)40-3/h13-14,16-17H,4-12,15H2,1-3H3,(H,31,37)(H,38,39)/t17-/m1/s1. The number of halogens is 3. The number of carbonyl (C=O) groups excluding carboxylic acids is 3. The van der Waals surface area contributed by atoms with Gasteiger partial charge in [0.2, 0.25) is 5.91 Å². The molecule has 0 aromatic heterocycles. The first kappa shape index (κ1) is 30.8. The number of anilines is 1. The second-order valence-corrected chi connectivity index (χ2v) is 12.3. The Kier molecular flexibility index (Phi) is 9.00. The Bertz CT molecular complexity index is 1200. The van der Waals surface area contributed by atoms with Crippen LogP contribution >= 0.6 is 11.8 Å². The maximum absolute atomic E-state index is 14.5. The maximum atomic E-state index is 14.5. The van der Waals surface area contributed by atoms with Gasteiger partial charge in [0.15, 0.2) is 0 Å². The summed E-state index contributed by atoms with van der Waals surface area (Å²) < 4.78 is 47.2. The number of benzene rings is 1. The van der Waals surface area contributed by atoms with E-state index in [0.29, 0.717) is 25.7 Å². The lowest BCUT2D eigenvalue weighted by atomic mass is 9.97. The second-order valence-electron chi connectivity index (χ2n) is 10.9. The van der Waals surface area contributed by atoms with Gasteiger partial charge in [0.05, 0.1) is 34.7 Å². The minimum atomic E-state index is -4.86. The first-order valence-corrected chi connectivity index (χ1v) is 14.5. The monoisotopic (exact) mass is 600 g/mol. The number of methoxy groups -OCH3 is 1. The number of alkyl carbamates (subject to hydrolysis) is 1. The van der Waals surface area contributed by atoms with E-state index in [1.54, 1.807) is 13.8 Å². The molecule has 1 saturated heterocycles. The fraction of sp³-hybridized carbons (Fsp3) is 0.630. The normalized spacial score (nSPS) is 20.3. The van der Waals surface area contributed by atoms with E-state index >= 15 is 0 Å². The van der Waals surface area contributed by atoms with E-state index < -0.39 is 52.2 Å². The van der Waals surface area contributed by atoms with Crippen molar-refractivity contribution in [3.8, 4) is 0 Å². The number of carbonyl (C=O) groups is 4. The lowest BCUT2D eigenvalue weighted by Crippen LogP contribution is -2.54. The van der Waals surface area contributed by atoms with E-state index in [0.717, 1.165) is 36.7 Å². The molecule has 4 rings (SSSR count). The summed E-state index contributed by atoms with van der Waals surface area (Å²) in [7, 11) is 1.19. The van der Waals surface area contributed by atoms with Crippen molar-refractivity contribution in [2.45, 2.75) is 80.3 Å². The van der Waals surface area contributed by atoms with Crippen LogP contribution in [0.5, 0.6) is 0 Å². The molecule has 10 nitrogen and oxygen atoms in total. The molecule has 0 radical (unpaired) electrons. The molecule has 0 unspecified atom stereocenters. The van der Waals surface area contributed by atoms with E-state index in [9.17, 15) is 37.5 Å². The molecule has 1 aromatic carbocycles. The Morgan fingerprint density at radius 3 is 2.49 bits per heavy atom. The molecule has 2 N–H and O–H groups in total. The number of carboxylic acid groups (broad SMARTS) is 1. The Balaban J connectivity index is 1.79. The van der Waals surface area contributed by atoms with E-state index in [1.807, 2.05) is 0 Å². The van der Waals surface area contributed by atoms with E-state index in [-0.39, 0.29) is 42.7 Å². The summed E-state index contributed by atoms with van der Waals surface area (Å²) in [6.45, 7) is 3.61. The van der Waals surface area contributed by atoms with Crippen molar-refractivity contribution >= 4 is 41.5 Å². The van der Waals surface area contributed by atoms with Crippen molar-refractivity contribution in [2.75, 3.05) is 38.2 Å². The van der Waals surface area contributed by atoms with Crippen molar-refractivity contribution in [3.05, 3.63) is 23.3 Å². The third-order valence-electron chi connectivity index (χ3n) is 7.92. The van der Waals surface area contributed by atoms with Gasteiger partial charge in [-0.1, -0.05) is 12.8 Å². The van der Waals surface area contributed by atoms with Gasteiger partial charge in [-0.25, -0.2) is 9.59 Å². The van der Waals surface area contributed by atoms with Gasteiger partial charge >= 0.3 is 18.4 Å². The fourth-order valence-electron chi connectivity index (χ4n) is 6.02. The van der Waals surface area contributed by atoms with Crippen molar-refractivity contribution in [1.82, 2.24) is 15.1 Å². The third-order valence-corrected chi connectivity index (χ3v) is 9.44. The molecule has 1 aromatic rings. The highest BCUT2D eigenvalue weighted by atomic mass is 32.2. The maximum Gasteiger partial charge on any atom is 0.417 e.